The molecule has 90 valence electrons. The minimum atomic E-state index is -0.541. The molecular formula is C13H20O3. The first-order valence-corrected chi connectivity index (χ1v) is 5.77. The van der Waals surface area contributed by atoms with Gasteiger partial charge < -0.3 is 4.74 Å². The van der Waals surface area contributed by atoms with E-state index in [0.29, 0.717) is 0 Å². The van der Waals surface area contributed by atoms with E-state index in [1.165, 1.54) is 12.5 Å². The summed E-state index contributed by atoms with van der Waals surface area (Å²) in [5.74, 6) is -0.917. The SMILES string of the molecule is CC(=O)[C@@H]1C(=O)O[C@H](C)[C@H]1CCC=C(C)C. The number of Topliss-reactive ketones (excluding diaryl/α,β-unsaturated/α-hetero) is 1. The smallest absolute Gasteiger partial charge is 0.317 e. The zero-order chi connectivity index (χ0) is 12.3. The summed E-state index contributed by atoms with van der Waals surface area (Å²) in [5.41, 5.74) is 1.26. The molecule has 1 aliphatic heterocycles. The van der Waals surface area contributed by atoms with Crippen molar-refractivity contribution in [3.05, 3.63) is 11.6 Å². The van der Waals surface area contributed by atoms with Crippen LogP contribution >= 0.6 is 0 Å². The normalized spacial score (nSPS) is 28.8. The summed E-state index contributed by atoms with van der Waals surface area (Å²) < 4.78 is 5.12. The third-order valence-electron chi connectivity index (χ3n) is 3.08. The number of hydrogen-bond donors (Lipinski definition) is 0. The average molecular weight is 224 g/mol. The molecule has 0 radical (unpaired) electrons. The van der Waals surface area contributed by atoms with E-state index in [-0.39, 0.29) is 23.8 Å². The number of carbonyl (C=O) groups is 2. The van der Waals surface area contributed by atoms with Crippen LogP contribution in [0.4, 0.5) is 0 Å². The molecule has 0 saturated carbocycles. The maximum Gasteiger partial charge on any atom is 0.317 e. The number of ketones is 1. The molecule has 1 rings (SSSR count). The van der Waals surface area contributed by atoms with E-state index in [1.807, 2.05) is 20.8 Å². The van der Waals surface area contributed by atoms with Gasteiger partial charge in [0.1, 0.15) is 17.8 Å². The molecule has 0 unspecified atom stereocenters. The molecule has 16 heavy (non-hydrogen) atoms. The highest BCUT2D eigenvalue weighted by Gasteiger charge is 2.44. The van der Waals surface area contributed by atoms with Crippen LogP contribution in [0.3, 0.4) is 0 Å². The van der Waals surface area contributed by atoms with Crippen molar-refractivity contribution in [1.82, 2.24) is 0 Å². The molecule has 0 N–H and O–H groups in total. The van der Waals surface area contributed by atoms with E-state index in [0.717, 1.165) is 12.8 Å². The fraction of sp³-hybridized carbons (Fsp3) is 0.692. The number of rotatable bonds is 4. The quantitative estimate of drug-likeness (QED) is 0.418. The van der Waals surface area contributed by atoms with Crippen LogP contribution in [0.5, 0.6) is 0 Å². The van der Waals surface area contributed by atoms with Gasteiger partial charge in [-0.25, -0.2) is 0 Å². The summed E-state index contributed by atoms with van der Waals surface area (Å²) in [6, 6.07) is 0. The lowest BCUT2D eigenvalue weighted by atomic mass is 9.84. The Labute approximate surface area is 96.9 Å². The Bertz CT molecular complexity index is 313. The number of carbonyl (C=O) groups excluding carboxylic acids is 2. The summed E-state index contributed by atoms with van der Waals surface area (Å²) in [6.45, 7) is 7.43. The second-order valence-corrected chi connectivity index (χ2v) is 4.75. The molecule has 0 aliphatic carbocycles. The lowest BCUT2D eigenvalue weighted by Crippen LogP contribution is -2.25. The highest BCUT2D eigenvalue weighted by molar-refractivity contribution is 5.99. The van der Waals surface area contributed by atoms with Crippen molar-refractivity contribution in [1.29, 1.82) is 0 Å². The molecule has 0 amide bonds. The molecule has 3 atom stereocenters. The monoisotopic (exact) mass is 224 g/mol. The van der Waals surface area contributed by atoms with Gasteiger partial charge in [0.2, 0.25) is 0 Å². The van der Waals surface area contributed by atoms with Crippen LogP contribution in [0.2, 0.25) is 0 Å². The molecule has 1 aliphatic rings. The molecule has 0 spiro atoms. The van der Waals surface area contributed by atoms with Gasteiger partial charge in [0, 0.05) is 5.92 Å². The summed E-state index contributed by atoms with van der Waals surface area (Å²) in [6.07, 6.45) is 3.74. The van der Waals surface area contributed by atoms with Crippen LogP contribution in [0.15, 0.2) is 11.6 Å². The van der Waals surface area contributed by atoms with E-state index in [1.54, 1.807) is 0 Å². The first-order chi connectivity index (χ1) is 7.43. The Balaban J connectivity index is 2.65. The van der Waals surface area contributed by atoms with Crippen molar-refractivity contribution < 1.29 is 14.3 Å². The molecular weight excluding hydrogens is 204 g/mol. The van der Waals surface area contributed by atoms with E-state index in [4.69, 9.17) is 4.74 Å². The molecule has 3 nitrogen and oxygen atoms in total. The third kappa shape index (κ3) is 2.94. The number of allylic oxidation sites excluding steroid dienone is 2. The highest BCUT2D eigenvalue weighted by atomic mass is 16.6. The molecule has 1 saturated heterocycles. The number of ether oxygens (including phenoxy) is 1. The second-order valence-electron chi connectivity index (χ2n) is 4.75. The average Bonchev–Trinajstić information content (AvgIpc) is 2.40. The highest BCUT2D eigenvalue weighted by Crippen LogP contribution is 2.32. The second kappa shape index (κ2) is 5.28. The minimum absolute atomic E-state index is 0.0422. The van der Waals surface area contributed by atoms with Crippen LogP contribution < -0.4 is 0 Å². The molecule has 0 aromatic carbocycles. The van der Waals surface area contributed by atoms with Gasteiger partial charge in [-0.15, -0.1) is 0 Å². The Morgan fingerprint density at radius 1 is 1.38 bits per heavy atom. The van der Waals surface area contributed by atoms with Crippen LogP contribution in [0.1, 0.15) is 40.5 Å². The Morgan fingerprint density at radius 2 is 2.00 bits per heavy atom. The first kappa shape index (κ1) is 12.9. The fourth-order valence-electron chi connectivity index (χ4n) is 2.22. The van der Waals surface area contributed by atoms with Gasteiger partial charge in [-0.2, -0.15) is 0 Å². The van der Waals surface area contributed by atoms with Crippen molar-refractivity contribution >= 4 is 11.8 Å². The Hall–Kier alpha value is -1.12. The van der Waals surface area contributed by atoms with Crippen LogP contribution in [-0.4, -0.2) is 17.9 Å². The molecule has 0 bridgehead atoms. The van der Waals surface area contributed by atoms with Gasteiger partial charge in [-0.05, 0) is 40.5 Å². The topological polar surface area (TPSA) is 43.4 Å². The summed E-state index contributed by atoms with van der Waals surface area (Å²) in [7, 11) is 0. The standard InChI is InChI=1S/C13H20O3/c1-8(2)6-5-7-11-10(4)16-13(15)12(11)9(3)14/h6,10-12H,5,7H2,1-4H3/t10-,11-,12+/m1/s1. The molecule has 3 heteroatoms. The zero-order valence-corrected chi connectivity index (χ0v) is 10.4. The summed E-state index contributed by atoms with van der Waals surface area (Å²) >= 11 is 0. The maximum atomic E-state index is 11.5. The molecule has 0 aromatic rings. The largest absolute Gasteiger partial charge is 0.462 e. The van der Waals surface area contributed by atoms with Crippen molar-refractivity contribution in [2.45, 2.75) is 46.6 Å². The minimum Gasteiger partial charge on any atom is -0.462 e. The van der Waals surface area contributed by atoms with Gasteiger partial charge in [0.25, 0.3) is 0 Å². The molecule has 1 heterocycles. The van der Waals surface area contributed by atoms with Crippen molar-refractivity contribution in [3.8, 4) is 0 Å². The van der Waals surface area contributed by atoms with Crippen LogP contribution in [-0.2, 0) is 14.3 Å². The van der Waals surface area contributed by atoms with Crippen LogP contribution in [0, 0.1) is 11.8 Å². The van der Waals surface area contributed by atoms with Crippen LogP contribution in [0.25, 0.3) is 0 Å². The molecule has 1 fully saturated rings. The third-order valence-corrected chi connectivity index (χ3v) is 3.08. The lowest BCUT2D eigenvalue weighted by molar-refractivity contribution is -0.146. The molecule has 0 aromatic heterocycles. The maximum absolute atomic E-state index is 11.5. The van der Waals surface area contributed by atoms with Gasteiger partial charge >= 0.3 is 5.97 Å². The number of cyclic esters (lactones) is 1. The van der Waals surface area contributed by atoms with Gasteiger partial charge in [-0.1, -0.05) is 11.6 Å². The van der Waals surface area contributed by atoms with Crippen molar-refractivity contribution in [2.24, 2.45) is 11.8 Å². The van der Waals surface area contributed by atoms with Gasteiger partial charge in [0.05, 0.1) is 0 Å². The Morgan fingerprint density at radius 3 is 2.50 bits per heavy atom. The first-order valence-electron chi connectivity index (χ1n) is 5.77. The predicted molar refractivity (Wildman–Crippen MR) is 61.9 cm³/mol. The van der Waals surface area contributed by atoms with Crippen molar-refractivity contribution in [2.75, 3.05) is 0 Å². The Kier molecular flexibility index (Phi) is 4.27. The van der Waals surface area contributed by atoms with E-state index in [9.17, 15) is 9.59 Å². The van der Waals surface area contributed by atoms with E-state index in [2.05, 4.69) is 6.08 Å². The van der Waals surface area contributed by atoms with E-state index < -0.39 is 5.92 Å². The summed E-state index contributed by atoms with van der Waals surface area (Å²) in [4.78, 5) is 22.9. The fourth-order valence-corrected chi connectivity index (χ4v) is 2.22. The zero-order valence-electron chi connectivity index (χ0n) is 10.4. The van der Waals surface area contributed by atoms with Gasteiger partial charge in [0.15, 0.2) is 0 Å². The number of esters is 1. The van der Waals surface area contributed by atoms with Gasteiger partial charge in [-0.3, -0.25) is 9.59 Å². The lowest BCUT2D eigenvalue weighted by Gasteiger charge is -2.15. The van der Waals surface area contributed by atoms with E-state index >= 15 is 0 Å². The summed E-state index contributed by atoms with van der Waals surface area (Å²) in [5, 5.41) is 0. The number of hydrogen-bond acceptors (Lipinski definition) is 3. The van der Waals surface area contributed by atoms with Crippen molar-refractivity contribution in [3.63, 3.8) is 0 Å². The predicted octanol–water partition coefficient (Wildman–Crippen LogP) is 2.50.